The molecule has 0 aliphatic rings. The van der Waals surface area contributed by atoms with Crippen LogP contribution in [0.5, 0.6) is 0 Å². The zero-order valence-corrected chi connectivity index (χ0v) is 8.45. The van der Waals surface area contributed by atoms with E-state index in [1.54, 1.807) is 7.11 Å². The van der Waals surface area contributed by atoms with Gasteiger partial charge < -0.3 is 10.5 Å². The first-order valence-corrected chi connectivity index (χ1v) is 4.50. The maximum Gasteiger partial charge on any atom is 0.0969 e. The summed E-state index contributed by atoms with van der Waals surface area (Å²) < 4.78 is 5.31. The van der Waals surface area contributed by atoms with E-state index in [1.165, 1.54) is 5.56 Å². The molecule has 2 unspecified atom stereocenters. The minimum Gasteiger partial charge on any atom is -0.375 e. The molecule has 0 fully saturated rings. The van der Waals surface area contributed by atoms with Gasteiger partial charge in [0.25, 0.3) is 0 Å². The highest BCUT2D eigenvalue weighted by atomic mass is 16.5. The average molecular weight is 179 g/mol. The summed E-state index contributed by atoms with van der Waals surface area (Å²) in [6.45, 7) is 4.02. The molecule has 0 radical (unpaired) electrons. The van der Waals surface area contributed by atoms with E-state index in [-0.39, 0.29) is 12.1 Å². The number of aryl methyl sites for hydroxylation is 1. The van der Waals surface area contributed by atoms with Crippen molar-refractivity contribution in [3.8, 4) is 0 Å². The van der Waals surface area contributed by atoms with E-state index in [9.17, 15) is 0 Å². The first-order chi connectivity index (χ1) is 6.15. The molecule has 0 spiro atoms. The Kier molecular flexibility index (Phi) is 3.46. The zero-order valence-electron chi connectivity index (χ0n) is 8.45. The largest absolute Gasteiger partial charge is 0.375 e. The van der Waals surface area contributed by atoms with Crippen LogP contribution in [0.4, 0.5) is 0 Å². The molecule has 0 aliphatic carbocycles. The van der Waals surface area contributed by atoms with Gasteiger partial charge in [0, 0.05) is 13.2 Å². The number of nitrogens with two attached hydrogens (primary N) is 1. The third-order valence-corrected chi connectivity index (χ3v) is 2.14. The fourth-order valence-corrected chi connectivity index (χ4v) is 1.41. The third kappa shape index (κ3) is 2.54. The lowest BCUT2D eigenvalue weighted by atomic mass is 10.0. The molecule has 2 nitrogen and oxygen atoms in total. The highest BCUT2D eigenvalue weighted by molar-refractivity contribution is 5.24. The van der Waals surface area contributed by atoms with Crippen molar-refractivity contribution in [1.82, 2.24) is 0 Å². The van der Waals surface area contributed by atoms with E-state index >= 15 is 0 Å². The standard InChI is InChI=1S/C11H17NO/c1-8-4-6-10(7-5-8)11(13-3)9(2)12/h4-7,9,11H,12H2,1-3H3. The molecule has 13 heavy (non-hydrogen) atoms. The van der Waals surface area contributed by atoms with Crippen LogP contribution < -0.4 is 5.73 Å². The summed E-state index contributed by atoms with van der Waals surface area (Å²) in [5.41, 5.74) is 8.19. The van der Waals surface area contributed by atoms with E-state index in [2.05, 4.69) is 31.2 Å². The summed E-state index contributed by atoms with van der Waals surface area (Å²) in [5, 5.41) is 0. The lowest BCUT2D eigenvalue weighted by Gasteiger charge is -2.19. The molecule has 2 atom stereocenters. The maximum absolute atomic E-state index is 5.79. The van der Waals surface area contributed by atoms with Crippen LogP contribution in [-0.2, 0) is 4.74 Å². The van der Waals surface area contributed by atoms with Crippen LogP contribution in [0.2, 0.25) is 0 Å². The van der Waals surface area contributed by atoms with Crippen molar-refractivity contribution in [3.05, 3.63) is 35.4 Å². The third-order valence-electron chi connectivity index (χ3n) is 2.14. The number of rotatable bonds is 3. The second-order valence-electron chi connectivity index (χ2n) is 3.43. The van der Waals surface area contributed by atoms with E-state index in [1.807, 2.05) is 6.92 Å². The Morgan fingerprint density at radius 1 is 1.23 bits per heavy atom. The van der Waals surface area contributed by atoms with Gasteiger partial charge in [-0.05, 0) is 19.4 Å². The predicted octanol–water partition coefficient (Wildman–Crippen LogP) is 2.03. The van der Waals surface area contributed by atoms with Gasteiger partial charge in [-0.2, -0.15) is 0 Å². The highest BCUT2D eigenvalue weighted by Gasteiger charge is 2.14. The molecule has 72 valence electrons. The Hall–Kier alpha value is -0.860. The molecule has 0 aliphatic heterocycles. The first-order valence-electron chi connectivity index (χ1n) is 4.50. The van der Waals surface area contributed by atoms with Gasteiger partial charge in [0.1, 0.15) is 0 Å². The van der Waals surface area contributed by atoms with Crippen molar-refractivity contribution in [1.29, 1.82) is 0 Å². The van der Waals surface area contributed by atoms with Crippen molar-refractivity contribution in [3.63, 3.8) is 0 Å². The summed E-state index contributed by atoms with van der Waals surface area (Å²) in [5.74, 6) is 0. The SMILES string of the molecule is COC(c1ccc(C)cc1)C(C)N. The lowest BCUT2D eigenvalue weighted by Crippen LogP contribution is -2.25. The highest BCUT2D eigenvalue weighted by Crippen LogP contribution is 2.19. The molecule has 1 aromatic carbocycles. The minimum absolute atomic E-state index is 0.000556. The monoisotopic (exact) mass is 179 g/mol. The van der Waals surface area contributed by atoms with E-state index in [0.29, 0.717) is 0 Å². The van der Waals surface area contributed by atoms with E-state index in [4.69, 9.17) is 10.5 Å². The number of benzene rings is 1. The summed E-state index contributed by atoms with van der Waals surface area (Å²) in [6.07, 6.45) is 0.000556. The number of hydrogen-bond donors (Lipinski definition) is 1. The lowest BCUT2D eigenvalue weighted by molar-refractivity contribution is 0.0853. The molecular formula is C11H17NO. The number of hydrogen-bond acceptors (Lipinski definition) is 2. The van der Waals surface area contributed by atoms with Crippen LogP contribution >= 0.6 is 0 Å². The topological polar surface area (TPSA) is 35.2 Å². The second-order valence-corrected chi connectivity index (χ2v) is 3.43. The van der Waals surface area contributed by atoms with E-state index < -0.39 is 0 Å². The van der Waals surface area contributed by atoms with Gasteiger partial charge in [-0.1, -0.05) is 29.8 Å². The molecule has 0 heterocycles. The summed E-state index contributed by atoms with van der Waals surface area (Å²) in [4.78, 5) is 0. The van der Waals surface area contributed by atoms with Gasteiger partial charge in [0.15, 0.2) is 0 Å². The number of ether oxygens (including phenoxy) is 1. The van der Waals surface area contributed by atoms with Crippen LogP contribution in [0.15, 0.2) is 24.3 Å². The molecule has 0 saturated carbocycles. The molecule has 2 heteroatoms. The Morgan fingerprint density at radius 3 is 2.15 bits per heavy atom. The summed E-state index contributed by atoms with van der Waals surface area (Å²) in [6, 6.07) is 8.29. The van der Waals surface area contributed by atoms with Crippen molar-refractivity contribution >= 4 is 0 Å². The van der Waals surface area contributed by atoms with E-state index in [0.717, 1.165) is 5.56 Å². The molecule has 0 saturated heterocycles. The van der Waals surface area contributed by atoms with Crippen molar-refractivity contribution in [2.75, 3.05) is 7.11 Å². The zero-order chi connectivity index (χ0) is 9.84. The van der Waals surface area contributed by atoms with Crippen LogP contribution in [0.3, 0.4) is 0 Å². The van der Waals surface area contributed by atoms with Gasteiger partial charge in [-0.15, -0.1) is 0 Å². The molecule has 0 bridgehead atoms. The normalized spacial score (nSPS) is 15.4. The van der Waals surface area contributed by atoms with Crippen molar-refractivity contribution < 1.29 is 4.74 Å². The van der Waals surface area contributed by atoms with Gasteiger partial charge in [-0.25, -0.2) is 0 Å². The molecule has 0 aromatic heterocycles. The minimum atomic E-state index is 0.000556. The van der Waals surface area contributed by atoms with Crippen LogP contribution in [0, 0.1) is 6.92 Å². The summed E-state index contributed by atoms with van der Waals surface area (Å²) >= 11 is 0. The smallest absolute Gasteiger partial charge is 0.0969 e. The van der Waals surface area contributed by atoms with Crippen LogP contribution in [-0.4, -0.2) is 13.2 Å². The van der Waals surface area contributed by atoms with Gasteiger partial charge in [0.2, 0.25) is 0 Å². The second kappa shape index (κ2) is 4.40. The molecule has 1 aromatic rings. The Balaban J connectivity index is 2.86. The molecule has 1 rings (SSSR count). The summed E-state index contributed by atoms with van der Waals surface area (Å²) in [7, 11) is 1.69. The van der Waals surface area contributed by atoms with Crippen molar-refractivity contribution in [2.45, 2.75) is 26.0 Å². The maximum atomic E-state index is 5.79. The number of methoxy groups -OCH3 is 1. The quantitative estimate of drug-likeness (QED) is 0.770. The Bertz CT molecular complexity index is 253. The van der Waals surface area contributed by atoms with Crippen molar-refractivity contribution in [2.24, 2.45) is 5.73 Å². The first kappa shape index (κ1) is 10.2. The fraction of sp³-hybridized carbons (Fsp3) is 0.455. The Morgan fingerprint density at radius 2 is 1.77 bits per heavy atom. The molecule has 2 N–H and O–H groups in total. The fourth-order valence-electron chi connectivity index (χ4n) is 1.41. The van der Waals surface area contributed by atoms with Gasteiger partial charge in [0.05, 0.1) is 6.10 Å². The molecule has 0 amide bonds. The average Bonchev–Trinajstić information content (AvgIpc) is 2.09. The predicted molar refractivity (Wildman–Crippen MR) is 54.6 cm³/mol. The van der Waals surface area contributed by atoms with Gasteiger partial charge in [-0.3, -0.25) is 0 Å². The Labute approximate surface area is 79.7 Å². The molecular weight excluding hydrogens is 162 g/mol. The van der Waals surface area contributed by atoms with Gasteiger partial charge >= 0.3 is 0 Å². The van der Waals surface area contributed by atoms with Crippen LogP contribution in [0.1, 0.15) is 24.2 Å². The van der Waals surface area contributed by atoms with Crippen LogP contribution in [0.25, 0.3) is 0 Å².